The predicted octanol–water partition coefficient (Wildman–Crippen LogP) is 1.40. The lowest BCUT2D eigenvalue weighted by atomic mass is 10.1. The van der Waals surface area contributed by atoms with Gasteiger partial charge in [0, 0.05) is 26.2 Å². The molecule has 0 spiro atoms. The van der Waals surface area contributed by atoms with E-state index in [2.05, 4.69) is 27.6 Å². The Morgan fingerprint density at radius 1 is 1.58 bits per heavy atom. The van der Waals surface area contributed by atoms with Gasteiger partial charge < -0.3 is 15.5 Å². The number of rotatable bonds is 5. The van der Waals surface area contributed by atoms with Crippen LogP contribution >= 0.6 is 0 Å². The molecule has 104 valence electrons. The van der Waals surface area contributed by atoms with Crippen LogP contribution in [0.1, 0.15) is 6.42 Å². The van der Waals surface area contributed by atoms with Gasteiger partial charge in [0.15, 0.2) is 0 Å². The first-order valence-electron chi connectivity index (χ1n) is 6.35. The maximum atomic E-state index is 11.0. The Morgan fingerprint density at radius 2 is 2.37 bits per heavy atom. The topological polar surface area (TPSA) is 83.3 Å². The molecule has 2 N–H and O–H groups in total. The molecule has 1 aliphatic heterocycles. The fourth-order valence-electron chi connectivity index (χ4n) is 2.30. The van der Waals surface area contributed by atoms with E-state index in [9.17, 15) is 10.1 Å². The van der Waals surface area contributed by atoms with Gasteiger partial charge in [0.1, 0.15) is 5.82 Å². The summed E-state index contributed by atoms with van der Waals surface area (Å²) in [6, 6.07) is 3.08. The minimum absolute atomic E-state index is 0.0188. The van der Waals surface area contributed by atoms with Crippen molar-refractivity contribution >= 4 is 17.3 Å². The summed E-state index contributed by atoms with van der Waals surface area (Å²) in [5.41, 5.74) is 0.0188. The highest BCUT2D eigenvalue weighted by atomic mass is 16.6. The Balaban J connectivity index is 2.06. The average molecular weight is 265 g/mol. The van der Waals surface area contributed by atoms with Crippen LogP contribution in [0.2, 0.25) is 0 Å². The number of pyridine rings is 1. The van der Waals surface area contributed by atoms with Crippen molar-refractivity contribution in [2.75, 3.05) is 44.4 Å². The van der Waals surface area contributed by atoms with Crippen molar-refractivity contribution in [3.8, 4) is 0 Å². The number of hydrogen-bond acceptors (Lipinski definition) is 6. The zero-order valence-corrected chi connectivity index (χ0v) is 11.2. The molecule has 0 radical (unpaired) electrons. The van der Waals surface area contributed by atoms with Gasteiger partial charge in [0.25, 0.3) is 0 Å². The summed E-state index contributed by atoms with van der Waals surface area (Å²) >= 11 is 0. The molecule has 7 nitrogen and oxygen atoms in total. The van der Waals surface area contributed by atoms with Crippen molar-refractivity contribution < 1.29 is 4.92 Å². The Morgan fingerprint density at radius 3 is 2.95 bits per heavy atom. The fourth-order valence-corrected chi connectivity index (χ4v) is 2.30. The van der Waals surface area contributed by atoms with Crippen LogP contribution < -0.4 is 10.6 Å². The van der Waals surface area contributed by atoms with E-state index in [4.69, 9.17) is 0 Å². The first-order chi connectivity index (χ1) is 9.10. The summed E-state index contributed by atoms with van der Waals surface area (Å²) in [7, 11) is 3.83. The average Bonchev–Trinajstić information content (AvgIpc) is 2.81. The standard InChI is InChI=1S/C12H19N5O2/c1-13-11-4-3-10(17(18)19)12(15-11)14-7-9-5-6-16(2)8-9/h3-4,9H,5-8H2,1-2H3,(H2,13,14,15). The van der Waals surface area contributed by atoms with E-state index in [1.165, 1.54) is 6.07 Å². The summed E-state index contributed by atoms with van der Waals surface area (Å²) < 4.78 is 0. The van der Waals surface area contributed by atoms with E-state index >= 15 is 0 Å². The molecule has 1 atom stereocenters. The molecule has 2 heterocycles. The quantitative estimate of drug-likeness (QED) is 0.618. The molecule has 2 rings (SSSR count). The van der Waals surface area contributed by atoms with Gasteiger partial charge in [0.2, 0.25) is 5.82 Å². The fraction of sp³-hybridized carbons (Fsp3) is 0.583. The molecule has 0 aromatic carbocycles. The summed E-state index contributed by atoms with van der Waals surface area (Å²) in [6.07, 6.45) is 1.11. The normalized spacial score (nSPS) is 19.4. The van der Waals surface area contributed by atoms with Crippen LogP contribution in [0.5, 0.6) is 0 Å². The van der Waals surface area contributed by atoms with Gasteiger partial charge in [-0.15, -0.1) is 0 Å². The lowest BCUT2D eigenvalue weighted by Gasteiger charge is -2.12. The molecule has 7 heteroatoms. The summed E-state index contributed by atoms with van der Waals surface area (Å²) in [6.45, 7) is 2.82. The summed E-state index contributed by atoms with van der Waals surface area (Å²) in [5.74, 6) is 1.48. The SMILES string of the molecule is CNc1ccc([N+](=O)[O-])c(NCC2CCN(C)C2)n1. The van der Waals surface area contributed by atoms with Crippen LogP contribution in [0.15, 0.2) is 12.1 Å². The third kappa shape index (κ3) is 3.31. The van der Waals surface area contributed by atoms with Crippen LogP contribution in [-0.2, 0) is 0 Å². The summed E-state index contributed by atoms with van der Waals surface area (Å²) in [4.78, 5) is 17.0. The molecule has 1 aliphatic rings. The number of nitrogens with one attached hydrogen (secondary N) is 2. The highest BCUT2D eigenvalue weighted by Gasteiger charge is 2.21. The zero-order chi connectivity index (χ0) is 13.8. The van der Waals surface area contributed by atoms with Gasteiger partial charge in [-0.1, -0.05) is 0 Å². The minimum Gasteiger partial charge on any atom is -0.373 e. The number of nitro groups is 1. The molecule has 1 unspecified atom stereocenters. The van der Waals surface area contributed by atoms with Crippen LogP contribution in [0.3, 0.4) is 0 Å². The highest BCUT2D eigenvalue weighted by molar-refractivity contribution is 5.60. The van der Waals surface area contributed by atoms with Gasteiger partial charge in [0.05, 0.1) is 4.92 Å². The molecule has 19 heavy (non-hydrogen) atoms. The monoisotopic (exact) mass is 265 g/mol. The summed E-state index contributed by atoms with van der Waals surface area (Å²) in [5, 5.41) is 17.0. The molecule has 0 bridgehead atoms. The van der Waals surface area contributed by atoms with Crippen molar-refractivity contribution in [3.63, 3.8) is 0 Å². The maximum absolute atomic E-state index is 11.0. The van der Waals surface area contributed by atoms with Gasteiger partial charge in [-0.05, 0) is 32.0 Å². The zero-order valence-electron chi connectivity index (χ0n) is 11.2. The van der Waals surface area contributed by atoms with Crippen LogP contribution in [0.25, 0.3) is 0 Å². The number of likely N-dealkylation sites (tertiary alicyclic amines) is 1. The molecular weight excluding hydrogens is 246 g/mol. The van der Waals surface area contributed by atoms with E-state index in [0.29, 0.717) is 24.1 Å². The minimum atomic E-state index is -0.407. The Bertz CT molecular complexity index is 465. The van der Waals surface area contributed by atoms with Gasteiger partial charge in [-0.25, -0.2) is 4.98 Å². The highest BCUT2D eigenvalue weighted by Crippen LogP contribution is 2.25. The van der Waals surface area contributed by atoms with Gasteiger partial charge >= 0.3 is 5.69 Å². The number of anilines is 2. The first-order valence-corrected chi connectivity index (χ1v) is 6.35. The molecule has 0 amide bonds. The second-order valence-corrected chi connectivity index (χ2v) is 4.87. The molecule has 0 aliphatic carbocycles. The number of aromatic nitrogens is 1. The van der Waals surface area contributed by atoms with Gasteiger partial charge in [-0.3, -0.25) is 10.1 Å². The van der Waals surface area contributed by atoms with E-state index < -0.39 is 4.92 Å². The molecule has 1 fully saturated rings. The second kappa shape index (κ2) is 5.83. The van der Waals surface area contributed by atoms with Crippen molar-refractivity contribution in [2.45, 2.75) is 6.42 Å². The molecule has 1 aromatic heterocycles. The third-order valence-electron chi connectivity index (χ3n) is 3.37. The Labute approximate surface area is 112 Å². The third-order valence-corrected chi connectivity index (χ3v) is 3.37. The molecule has 1 aromatic rings. The number of nitrogens with zero attached hydrogens (tertiary/aromatic N) is 3. The predicted molar refractivity (Wildman–Crippen MR) is 74.5 cm³/mol. The van der Waals surface area contributed by atoms with Crippen LogP contribution in [-0.4, -0.2) is 48.5 Å². The second-order valence-electron chi connectivity index (χ2n) is 4.87. The Hall–Kier alpha value is -1.89. The van der Waals surface area contributed by atoms with Crippen LogP contribution in [0.4, 0.5) is 17.3 Å². The lowest BCUT2D eigenvalue weighted by Crippen LogP contribution is -2.20. The molecule has 0 saturated carbocycles. The van der Waals surface area contributed by atoms with Crippen molar-refractivity contribution in [2.24, 2.45) is 5.92 Å². The molecule has 1 saturated heterocycles. The van der Waals surface area contributed by atoms with Crippen LogP contribution in [0, 0.1) is 16.0 Å². The lowest BCUT2D eigenvalue weighted by molar-refractivity contribution is -0.384. The maximum Gasteiger partial charge on any atom is 0.311 e. The van der Waals surface area contributed by atoms with Crippen molar-refractivity contribution in [3.05, 3.63) is 22.2 Å². The van der Waals surface area contributed by atoms with E-state index in [-0.39, 0.29) is 5.69 Å². The number of hydrogen-bond donors (Lipinski definition) is 2. The van der Waals surface area contributed by atoms with Crippen molar-refractivity contribution in [1.29, 1.82) is 0 Å². The molecular formula is C12H19N5O2. The van der Waals surface area contributed by atoms with E-state index in [1.54, 1.807) is 13.1 Å². The largest absolute Gasteiger partial charge is 0.373 e. The van der Waals surface area contributed by atoms with E-state index in [1.807, 2.05) is 0 Å². The van der Waals surface area contributed by atoms with E-state index in [0.717, 1.165) is 19.5 Å². The van der Waals surface area contributed by atoms with Crippen molar-refractivity contribution in [1.82, 2.24) is 9.88 Å². The van der Waals surface area contributed by atoms with Gasteiger partial charge in [-0.2, -0.15) is 0 Å². The Kier molecular flexibility index (Phi) is 4.16. The smallest absolute Gasteiger partial charge is 0.311 e. The first kappa shape index (κ1) is 13.5.